The van der Waals surface area contributed by atoms with Gasteiger partial charge in [0.2, 0.25) is 5.13 Å². The van der Waals surface area contributed by atoms with Crippen LogP contribution < -0.4 is 10.2 Å². The van der Waals surface area contributed by atoms with E-state index < -0.39 is 0 Å². The number of nitrogens with zero attached hydrogens (tertiary/aromatic N) is 3. The van der Waals surface area contributed by atoms with Crippen LogP contribution >= 0.6 is 11.3 Å². The summed E-state index contributed by atoms with van der Waals surface area (Å²) in [6.07, 6.45) is 0. The number of hydrogen-bond acceptors (Lipinski definition) is 5. The molecule has 4 nitrogen and oxygen atoms in total. The maximum atomic E-state index is 4.10. The van der Waals surface area contributed by atoms with Gasteiger partial charge in [-0.2, -0.15) is 0 Å². The van der Waals surface area contributed by atoms with E-state index in [1.165, 1.54) is 13.1 Å². The normalized spacial score (nSPS) is 32.5. The molecule has 2 atom stereocenters. The highest BCUT2D eigenvalue weighted by molar-refractivity contribution is 7.13. The molecule has 2 saturated heterocycles. The molecule has 2 aliphatic heterocycles. The van der Waals surface area contributed by atoms with E-state index in [1.807, 2.05) is 5.51 Å². The second kappa shape index (κ2) is 2.92. The van der Waals surface area contributed by atoms with Crippen molar-refractivity contribution in [3.05, 3.63) is 5.51 Å². The fourth-order valence-corrected chi connectivity index (χ4v) is 2.90. The van der Waals surface area contributed by atoms with Gasteiger partial charge in [-0.15, -0.1) is 10.2 Å². The summed E-state index contributed by atoms with van der Waals surface area (Å²) in [5, 5.41) is 12.5. The molecule has 0 spiro atoms. The molecular formula is C8H12N4S. The van der Waals surface area contributed by atoms with E-state index in [0.717, 1.165) is 30.1 Å². The van der Waals surface area contributed by atoms with Crippen molar-refractivity contribution in [2.75, 3.05) is 31.1 Å². The van der Waals surface area contributed by atoms with E-state index in [0.29, 0.717) is 0 Å². The maximum absolute atomic E-state index is 4.10. The lowest BCUT2D eigenvalue weighted by Crippen LogP contribution is -2.25. The molecular weight excluding hydrogens is 184 g/mol. The van der Waals surface area contributed by atoms with Gasteiger partial charge in [0, 0.05) is 26.2 Å². The zero-order chi connectivity index (χ0) is 8.67. The van der Waals surface area contributed by atoms with Crippen molar-refractivity contribution in [2.45, 2.75) is 0 Å². The van der Waals surface area contributed by atoms with Crippen LogP contribution in [-0.2, 0) is 0 Å². The Hall–Kier alpha value is -0.680. The SMILES string of the molecule is c1nnc(N2CC3CNCC3C2)s1. The van der Waals surface area contributed by atoms with Gasteiger partial charge in [0.25, 0.3) is 0 Å². The van der Waals surface area contributed by atoms with Gasteiger partial charge in [0.05, 0.1) is 0 Å². The first-order valence-electron chi connectivity index (χ1n) is 4.65. The average Bonchev–Trinajstić information content (AvgIpc) is 2.78. The first-order chi connectivity index (χ1) is 6.43. The van der Waals surface area contributed by atoms with Crippen molar-refractivity contribution >= 4 is 16.5 Å². The number of nitrogens with one attached hydrogen (secondary N) is 1. The van der Waals surface area contributed by atoms with Crippen LogP contribution in [0.2, 0.25) is 0 Å². The maximum Gasteiger partial charge on any atom is 0.208 e. The smallest absolute Gasteiger partial charge is 0.208 e. The molecule has 0 aromatic carbocycles. The third-order valence-corrected chi connectivity index (χ3v) is 3.76. The first-order valence-corrected chi connectivity index (χ1v) is 5.53. The third kappa shape index (κ3) is 1.23. The van der Waals surface area contributed by atoms with E-state index in [4.69, 9.17) is 0 Å². The van der Waals surface area contributed by atoms with Crippen molar-refractivity contribution in [3.8, 4) is 0 Å². The minimum Gasteiger partial charge on any atom is -0.346 e. The second-order valence-electron chi connectivity index (χ2n) is 3.80. The van der Waals surface area contributed by atoms with Gasteiger partial charge in [-0.1, -0.05) is 11.3 Å². The lowest BCUT2D eigenvalue weighted by molar-refractivity contribution is 0.533. The lowest BCUT2D eigenvalue weighted by atomic mass is 10.0. The van der Waals surface area contributed by atoms with Gasteiger partial charge in [-0.25, -0.2) is 0 Å². The molecule has 0 saturated carbocycles. The van der Waals surface area contributed by atoms with E-state index in [-0.39, 0.29) is 0 Å². The molecule has 2 unspecified atom stereocenters. The van der Waals surface area contributed by atoms with E-state index in [1.54, 1.807) is 11.3 Å². The summed E-state index contributed by atoms with van der Waals surface area (Å²) in [6, 6.07) is 0. The van der Waals surface area contributed by atoms with Crippen LogP contribution in [0.5, 0.6) is 0 Å². The van der Waals surface area contributed by atoms with Crippen LogP contribution in [0.3, 0.4) is 0 Å². The molecule has 3 heterocycles. The number of rotatable bonds is 1. The highest BCUT2D eigenvalue weighted by Crippen LogP contribution is 2.30. The molecule has 1 aromatic heterocycles. The Balaban J connectivity index is 1.76. The summed E-state index contributed by atoms with van der Waals surface area (Å²) in [4.78, 5) is 2.37. The number of aromatic nitrogens is 2. The molecule has 5 heteroatoms. The average molecular weight is 196 g/mol. The largest absolute Gasteiger partial charge is 0.346 e. The summed E-state index contributed by atoms with van der Waals surface area (Å²) >= 11 is 1.64. The van der Waals surface area contributed by atoms with Crippen LogP contribution in [0.4, 0.5) is 5.13 Å². The van der Waals surface area contributed by atoms with Crippen molar-refractivity contribution in [2.24, 2.45) is 11.8 Å². The van der Waals surface area contributed by atoms with E-state index >= 15 is 0 Å². The van der Waals surface area contributed by atoms with Gasteiger partial charge < -0.3 is 10.2 Å². The summed E-state index contributed by atoms with van der Waals surface area (Å²) in [7, 11) is 0. The quantitative estimate of drug-likeness (QED) is 0.696. The first kappa shape index (κ1) is 7.70. The van der Waals surface area contributed by atoms with Crippen molar-refractivity contribution in [3.63, 3.8) is 0 Å². The van der Waals surface area contributed by atoms with Gasteiger partial charge >= 0.3 is 0 Å². The molecule has 2 fully saturated rings. The van der Waals surface area contributed by atoms with Crippen molar-refractivity contribution in [1.82, 2.24) is 15.5 Å². The second-order valence-corrected chi connectivity index (χ2v) is 4.62. The minimum atomic E-state index is 0.837. The van der Waals surface area contributed by atoms with Crippen LogP contribution in [0.15, 0.2) is 5.51 Å². The molecule has 0 amide bonds. The Morgan fingerprint density at radius 2 is 2.15 bits per heavy atom. The van der Waals surface area contributed by atoms with Crippen molar-refractivity contribution < 1.29 is 0 Å². The Morgan fingerprint density at radius 3 is 2.77 bits per heavy atom. The summed E-state index contributed by atoms with van der Waals surface area (Å²) in [5.41, 5.74) is 1.81. The fourth-order valence-electron chi connectivity index (χ4n) is 2.32. The Morgan fingerprint density at radius 1 is 1.38 bits per heavy atom. The highest BCUT2D eigenvalue weighted by Gasteiger charge is 2.36. The minimum absolute atomic E-state index is 0.837. The molecule has 3 rings (SSSR count). The molecule has 0 aliphatic carbocycles. The zero-order valence-corrected chi connectivity index (χ0v) is 8.13. The van der Waals surface area contributed by atoms with Crippen LogP contribution in [0.25, 0.3) is 0 Å². The number of anilines is 1. The molecule has 13 heavy (non-hydrogen) atoms. The molecule has 0 bridgehead atoms. The van der Waals surface area contributed by atoms with E-state index in [2.05, 4.69) is 20.4 Å². The predicted molar refractivity (Wildman–Crippen MR) is 52.0 cm³/mol. The third-order valence-electron chi connectivity index (χ3n) is 3.01. The van der Waals surface area contributed by atoms with Crippen molar-refractivity contribution in [1.29, 1.82) is 0 Å². The van der Waals surface area contributed by atoms with Crippen LogP contribution in [-0.4, -0.2) is 36.4 Å². The standard InChI is InChI=1S/C8H12N4S/c1-6-3-12(4-7(6)2-9-1)8-11-10-5-13-8/h5-7,9H,1-4H2. The number of hydrogen-bond donors (Lipinski definition) is 1. The van der Waals surface area contributed by atoms with Gasteiger partial charge in [-0.3, -0.25) is 0 Å². The highest BCUT2D eigenvalue weighted by atomic mass is 32.1. The molecule has 0 radical (unpaired) electrons. The predicted octanol–water partition coefficient (Wildman–Crippen LogP) is 0.194. The molecule has 2 aliphatic rings. The van der Waals surface area contributed by atoms with E-state index in [9.17, 15) is 0 Å². The molecule has 1 N–H and O–H groups in total. The Kier molecular flexibility index (Phi) is 1.73. The monoisotopic (exact) mass is 196 g/mol. The lowest BCUT2D eigenvalue weighted by Gasteiger charge is -2.14. The van der Waals surface area contributed by atoms with Gasteiger partial charge in [0.15, 0.2) is 0 Å². The molecule has 1 aromatic rings. The molecule has 70 valence electrons. The van der Waals surface area contributed by atoms with Gasteiger partial charge in [-0.05, 0) is 11.8 Å². The summed E-state index contributed by atoms with van der Waals surface area (Å²) in [6.45, 7) is 4.68. The Labute approximate surface area is 81.0 Å². The number of fused-ring (bicyclic) bond motifs is 1. The van der Waals surface area contributed by atoms with Crippen LogP contribution in [0, 0.1) is 11.8 Å². The zero-order valence-electron chi connectivity index (χ0n) is 7.31. The summed E-state index contributed by atoms with van der Waals surface area (Å²) < 4.78 is 0. The fraction of sp³-hybridized carbons (Fsp3) is 0.750. The summed E-state index contributed by atoms with van der Waals surface area (Å²) in [5.74, 6) is 1.67. The Bertz CT molecular complexity index is 274. The van der Waals surface area contributed by atoms with Gasteiger partial charge in [0.1, 0.15) is 5.51 Å². The topological polar surface area (TPSA) is 41.1 Å². The van der Waals surface area contributed by atoms with Crippen LogP contribution in [0.1, 0.15) is 0 Å².